The van der Waals surface area contributed by atoms with Gasteiger partial charge in [0, 0.05) is 28.5 Å². The third-order valence-electron chi connectivity index (χ3n) is 2.33. The number of carbonyl (C=O) groups excluding carboxylic acids is 2. The normalized spacial score (nSPS) is 11.1. The van der Waals surface area contributed by atoms with E-state index in [0.717, 1.165) is 0 Å². The van der Waals surface area contributed by atoms with Crippen LogP contribution in [-0.2, 0) is 4.79 Å². The first kappa shape index (κ1) is 17.0. The maximum atomic E-state index is 11.9. The number of amides is 2. The molecule has 0 aromatic heterocycles. The molecule has 4 nitrogen and oxygen atoms in total. The van der Waals surface area contributed by atoms with Crippen molar-refractivity contribution in [2.24, 2.45) is 0 Å². The smallest absolute Gasteiger partial charge is 0.251 e. The number of halogens is 2. The second kappa shape index (κ2) is 7.09. The highest BCUT2D eigenvalue weighted by Crippen LogP contribution is 2.23. The SMILES string of the molecule is CC(C)(C)NC(=O)CCNC(=O)c1ccc(Cl)c(Br)c1. The quantitative estimate of drug-likeness (QED) is 0.865. The summed E-state index contributed by atoms with van der Waals surface area (Å²) in [6.07, 6.45) is 0.248. The maximum Gasteiger partial charge on any atom is 0.251 e. The molecule has 1 aromatic carbocycles. The van der Waals surface area contributed by atoms with Gasteiger partial charge in [0.25, 0.3) is 5.91 Å². The predicted octanol–water partition coefficient (Wildman–Crippen LogP) is 3.14. The highest BCUT2D eigenvalue weighted by atomic mass is 79.9. The summed E-state index contributed by atoms with van der Waals surface area (Å²) in [6, 6.07) is 4.93. The van der Waals surface area contributed by atoms with Gasteiger partial charge in [-0.1, -0.05) is 11.6 Å². The van der Waals surface area contributed by atoms with Crippen LogP contribution in [0.2, 0.25) is 5.02 Å². The Balaban J connectivity index is 2.44. The number of benzene rings is 1. The molecule has 1 aromatic rings. The minimum absolute atomic E-state index is 0.0879. The molecule has 1 rings (SSSR count). The first-order chi connectivity index (χ1) is 9.19. The Kier molecular flexibility index (Phi) is 6.02. The van der Waals surface area contributed by atoms with E-state index in [4.69, 9.17) is 11.6 Å². The van der Waals surface area contributed by atoms with Crippen molar-refractivity contribution >= 4 is 39.3 Å². The molecule has 0 aliphatic carbocycles. The standard InChI is InChI=1S/C14H18BrClN2O2/c1-14(2,3)18-12(19)6-7-17-13(20)9-4-5-11(16)10(15)8-9/h4-5,8H,6-7H2,1-3H3,(H,17,20)(H,18,19). The van der Waals surface area contributed by atoms with Gasteiger partial charge in [-0.3, -0.25) is 9.59 Å². The highest BCUT2D eigenvalue weighted by Gasteiger charge is 2.14. The fourth-order valence-corrected chi connectivity index (χ4v) is 2.01. The van der Waals surface area contributed by atoms with Crippen LogP contribution in [0.25, 0.3) is 0 Å². The Morgan fingerprint density at radius 1 is 1.30 bits per heavy atom. The van der Waals surface area contributed by atoms with E-state index in [-0.39, 0.29) is 23.8 Å². The van der Waals surface area contributed by atoms with Crippen LogP contribution in [0, 0.1) is 0 Å². The van der Waals surface area contributed by atoms with Gasteiger partial charge in [0.15, 0.2) is 0 Å². The van der Waals surface area contributed by atoms with Crippen molar-refractivity contribution in [1.82, 2.24) is 10.6 Å². The summed E-state index contributed by atoms with van der Waals surface area (Å²) in [5.41, 5.74) is 0.236. The number of hydrogen-bond donors (Lipinski definition) is 2. The second-order valence-corrected chi connectivity index (χ2v) is 6.69. The number of hydrogen-bond acceptors (Lipinski definition) is 2. The van der Waals surface area contributed by atoms with Crippen LogP contribution in [0.3, 0.4) is 0 Å². The fourth-order valence-electron chi connectivity index (χ4n) is 1.51. The minimum atomic E-state index is -0.262. The van der Waals surface area contributed by atoms with Crippen LogP contribution in [0.4, 0.5) is 0 Å². The van der Waals surface area contributed by atoms with Crippen LogP contribution in [0.1, 0.15) is 37.6 Å². The van der Waals surface area contributed by atoms with Crippen molar-refractivity contribution in [3.8, 4) is 0 Å². The predicted molar refractivity (Wildman–Crippen MR) is 84.0 cm³/mol. The zero-order chi connectivity index (χ0) is 15.3. The Morgan fingerprint density at radius 2 is 1.95 bits per heavy atom. The summed E-state index contributed by atoms with van der Waals surface area (Å²) < 4.78 is 0.664. The van der Waals surface area contributed by atoms with Gasteiger partial charge in [-0.05, 0) is 54.9 Å². The highest BCUT2D eigenvalue weighted by molar-refractivity contribution is 9.10. The van der Waals surface area contributed by atoms with Crippen molar-refractivity contribution in [1.29, 1.82) is 0 Å². The van der Waals surface area contributed by atoms with E-state index in [1.54, 1.807) is 18.2 Å². The average Bonchev–Trinajstić information content (AvgIpc) is 2.30. The molecule has 0 radical (unpaired) electrons. The summed E-state index contributed by atoms with van der Waals surface area (Å²) in [6.45, 7) is 6.03. The molecule has 6 heteroatoms. The fraction of sp³-hybridized carbons (Fsp3) is 0.429. The molecule has 0 spiro atoms. The summed E-state index contributed by atoms with van der Waals surface area (Å²) >= 11 is 9.12. The van der Waals surface area contributed by atoms with Gasteiger partial charge in [-0.25, -0.2) is 0 Å². The molecule has 2 amide bonds. The maximum absolute atomic E-state index is 11.9. The molecular weight excluding hydrogens is 344 g/mol. The molecule has 0 aliphatic rings. The molecule has 0 saturated carbocycles. The average molecular weight is 362 g/mol. The third-order valence-corrected chi connectivity index (χ3v) is 3.55. The number of carbonyl (C=O) groups is 2. The minimum Gasteiger partial charge on any atom is -0.352 e. The van der Waals surface area contributed by atoms with E-state index >= 15 is 0 Å². The number of rotatable bonds is 4. The van der Waals surface area contributed by atoms with Gasteiger partial charge in [0.2, 0.25) is 5.91 Å². The molecule has 110 valence electrons. The Morgan fingerprint density at radius 3 is 2.50 bits per heavy atom. The van der Waals surface area contributed by atoms with Crippen LogP contribution >= 0.6 is 27.5 Å². The lowest BCUT2D eigenvalue weighted by atomic mass is 10.1. The lowest BCUT2D eigenvalue weighted by Crippen LogP contribution is -2.41. The lowest BCUT2D eigenvalue weighted by Gasteiger charge is -2.20. The van der Waals surface area contributed by atoms with E-state index in [9.17, 15) is 9.59 Å². The molecule has 0 fully saturated rings. The zero-order valence-electron chi connectivity index (χ0n) is 11.7. The molecule has 0 unspecified atom stereocenters. The van der Waals surface area contributed by atoms with Crippen molar-refractivity contribution in [3.05, 3.63) is 33.3 Å². The molecule has 20 heavy (non-hydrogen) atoms. The van der Waals surface area contributed by atoms with E-state index in [1.807, 2.05) is 20.8 Å². The van der Waals surface area contributed by atoms with Crippen molar-refractivity contribution < 1.29 is 9.59 Å². The monoisotopic (exact) mass is 360 g/mol. The topological polar surface area (TPSA) is 58.2 Å². The van der Waals surface area contributed by atoms with E-state index in [2.05, 4.69) is 26.6 Å². The molecule has 2 N–H and O–H groups in total. The van der Waals surface area contributed by atoms with Gasteiger partial charge in [0.05, 0.1) is 5.02 Å². The van der Waals surface area contributed by atoms with Gasteiger partial charge in [-0.15, -0.1) is 0 Å². The summed E-state index contributed by atoms with van der Waals surface area (Å²) in [5.74, 6) is -0.319. The molecule has 0 aliphatic heterocycles. The first-order valence-corrected chi connectivity index (χ1v) is 7.40. The van der Waals surface area contributed by atoms with Crippen molar-refractivity contribution in [2.45, 2.75) is 32.7 Å². The van der Waals surface area contributed by atoms with Gasteiger partial charge < -0.3 is 10.6 Å². The van der Waals surface area contributed by atoms with E-state index in [0.29, 0.717) is 21.6 Å². The molecule has 0 atom stereocenters. The molecule has 0 saturated heterocycles. The van der Waals surface area contributed by atoms with Crippen LogP contribution in [-0.4, -0.2) is 23.9 Å². The van der Waals surface area contributed by atoms with E-state index in [1.165, 1.54) is 0 Å². The summed E-state index contributed by atoms with van der Waals surface area (Å²) in [5, 5.41) is 6.08. The zero-order valence-corrected chi connectivity index (χ0v) is 14.1. The van der Waals surface area contributed by atoms with Crippen LogP contribution in [0.5, 0.6) is 0 Å². The molecule has 0 bridgehead atoms. The Bertz CT molecular complexity index is 512. The Labute approximate surface area is 132 Å². The molecule has 0 heterocycles. The third kappa shape index (κ3) is 5.92. The Hall–Kier alpha value is -1.07. The largest absolute Gasteiger partial charge is 0.352 e. The van der Waals surface area contributed by atoms with Crippen molar-refractivity contribution in [2.75, 3.05) is 6.54 Å². The van der Waals surface area contributed by atoms with Crippen molar-refractivity contribution in [3.63, 3.8) is 0 Å². The van der Waals surface area contributed by atoms with Gasteiger partial charge >= 0.3 is 0 Å². The van der Waals surface area contributed by atoms with Gasteiger partial charge in [0.1, 0.15) is 0 Å². The van der Waals surface area contributed by atoms with Crippen LogP contribution < -0.4 is 10.6 Å². The van der Waals surface area contributed by atoms with Gasteiger partial charge in [-0.2, -0.15) is 0 Å². The first-order valence-electron chi connectivity index (χ1n) is 6.23. The molecular formula is C14H18BrClN2O2. The number of nitrogens with one attached hydrogen (secondary N) is 2. The summed E-state index contributed by atoms with van der Waals surface area (Å²) in [7, 11) is 0. The van der Waals surface area contributed by atoms with Crippen LogP contribution in [0.15, 0.2) is 22.7 Å². The summed E-state index contributed by atoms with van der Waals surface area (Å²) in [4.78, 5) is 23.5. The lowest BCUT2D eigenvalue weighted by molar-refractivity contribution is -0.122. The second-order valence-electron chi connectivity index (χ2n) is 5.43. The van der Waals surface area contributed by atoms with E-state index < -0.39 is 0 Å².